The van der Waals surface area contributed by atoms with Gasteiger partial charge in [-0.25, -0.2) is 13.2 Å². The van der Waals surface area contributed by atoms with Gasteiger partial charge in [-0.3, -0.25) is 9.48 Å². The van der Waals surface area contributed by atoms with Gasteiger partial charge in [0.2, 0.25) is 5.91 Å². The SMILES string of the molecule is Cc1cc(C(F)F)nn1CC(=O)Nc1cccc(F)c1. The molecule has 0 aliphatic rings. The fraction of sp³-hybridized carbons (Fsp3) is 0.231. The molecule has 0 bridgehead atoms. The van der Waals surface area contributed by atoms with Crippen LogP contribution in [0.1, 0.15) is 17.8 Å². The molecule has 0 aliphatic carbocycles. The average molecular weight is 283 g/mol. The van der Waals surface area contributed by atoms with Crippen molar-refractivity contribution >= 4 is 11.6 Å². The highest BCUT2D eigenvalue weighted by Crippen LogP contribution is 2.18. The van der Waals surface area contributed by atoms with Gasteiger partial charge in [0, 0.05) is 11.4 Å². The van der Waals surface area contributed by atoms with E-state index in [2.05, 4.69) is 10.4 Å². The van der Waals surface area contributed by atoms with E-state index >= 15 is 0 Å². The third-order valence-corrected chi connectivity index (χ3v) is 2.63. The monoisotopic (exact) mass is 283 g/mol. The molecule has 1 heterocycles. The molecular weight excluding hydrogens is 271 g/mol. The predicted molar refractivity (Wildman–Crippen MR) is 67.0 cm³/mol. The van der Waals surface area contributed by atoms with Gasteiger partial charge in [-0.2, -0.15) is 5.10 Å². The Bertz CT molecular complexity index is 625. The number of alkyl halides is 2. The van der Waals surface area contributed by atoms with Crippen molar-refractivity contribution in [1.82, 2.24) is 9.78 Å². The smallest absolute Gasteiger partial charge is 0.282 e. The van der Waals surface area contributed by atoms with Crippen LogP contribution in [0.3, 0.4) is 0 Å². The van der Waals surface area contributed by atoms with Crippen LogP contribution >= 0.6 is 0 Å². The van der Waals surface area contributed by atoms with E-state index in [1.54, 1.807) is 6.92 Å². The van der Waals surface area contributed by atoms with Crippen LogP contribution in [0.5, 0.6) is 0 Å². The Kier molecular flexibility index (Phi) is 4.07. The Morgan fingerprint density at radius 2 is 2.15 bits per heavy atom. The molecule has 1 aromatic carbocycles. The molecule has 20 heavy (non-hydrogen) atoms. The molecule has 0 spiro atoms. The van der Waals surface area contributed by atoms with Gasteiger partial charge in [0.15, 0.2) is 0 Å². The Morgan fingerprint density at radius 1 is 1.40 bits per heavy atom. The normalized spacial score (nSPS) is 10.8. The fourth-order valence-electron chi connectivity index (χ4n) is 1.71. The van der Waals surface area contributed by atoms with Gasteiger partial charge in [-0.05, 0) is 31.2 Å². The highest BCUT2D eigenvalue weighted by Gasteiger charge is 2.15. The summed E-state index contributed by atoms with van der Waals surface area (Å²) in [6.45, 7) is 1.36. The molecule has 0 fully saturated rings. The van der Waals surface area contributed by atoms with Crippen molar-refractivity contribution in [2.24, 2.45) is 0 Å². The fourth-order valence-corrected chi connectivity index (χ4v) is 1.71. The van der Waals surface area contributed by atoms with Crippen molar-refractivity contribution in [3.05, 3.63) is 47.5 Å². The molecular formula is C13H12F3N3O. The van der Waals surface area contributed by atoms with E-state index in [9.17, 15) is 18.0 Å². The number of carbonyl (C=O) groups is 1. The number of nitrogens with zero attached hydrogens (tertiary/aromatic N) is 2. The molecule has 0 saturated carbocycles. The zero-order valence-corrected chi connectivity index (χ0v) is 10.6. The van der Waals surface area contributed by atoms with Crippen LogP contribution in [-0.2, 0) is 11.3 Å². The molecule has 7 heteroatoms. The van der Waals surface area contributed by atoms with E-state index in [-0.39, 0.29) is 12.2 Å². The summed E-state index contributed by atoms with van der Waals surface area (Å²) in [7, 11) is 0. The summed E-state index contributed by atoms with van der Waals surface area (Å²) < 4.78 is 39.1. The molecule has 0 radical (unpaired) electrons. The largest absolute Gasteiger partial charge is 0.324 e. The number of hydrogen-bond donors (Lipinski definition) is 1. The van der Waals surface area contributed by atoms with Crippen molar-refractivity contribution in [3.63, 3.8) is 0 Å². The molecule has 2 rings (SSSR count). The van der Waals surface area contributed by atoms with E-state index in [4.69, 9.17) is 0 Å². The van der Waals surface area contributed by atoms with Crippen LogP contribution in [0.25, 0.3) is 0 Å². The number of anilines is 1. The van der Waals surface area contributed by atoms with Crippen molar-refractivity contribution in [2.45, 2.75) is 19.9 Å². The number of amides is 1. The zero-order valence-electron chi connectivity index (χ0n) is 10.6. The van der Waals surface area contributed by atoms with Crippen molar-refractivity contribution in [1.29, 1.82) is 0 Å². The second kappa shape index (κ2) is 5.77. The zero-order chi connectivity index (χ0) is 14.7. The number of aromatic nitrogens is 2. The molecule has 0 saturated heterocycles. The summed E-state index contributed by atoms with van der Waals surface area (Å²) >= 11 is 0. The molecule has 0 atom stereocenters. The van der Waals surface area contributed by atoms with Crippen molar-refractivity contribution in [2.75, 3.05) is 5.32 Å². The minimum absolute atomic E-state index is 0.213. The number of nitrogens with one attached hydrogen (secondary N) is 1. The standard InChI is InChI=1S/C13H12F3N3O/c1-8-5-11(13(15)16)18-19(8)7-12(20)17-10-4-2-3-9(14)6-10/h2-6,13H,7H2,1H3,(H,17,20). The van der Waals surface area contributed by atoms with Gasteiger partial charge < -0.3 is 5.32 Å². The van der Waals surface area contributed by atoms with Gasteiger partial charge >= 0.3 is 0 Å². The highest BCUT2D eigenvalue weighted by atomic mass is 19.3. The lowest BCUT2D eigenvalue weighted by atomic mass is 10.3. The minimum atomic E-state index is -2.68. The Labute approximate surface area is 113 Å². The van der Waals surface area contributed by atoms with E-state index in [1.807, 2.05) is 0 Å². The van der Waals surface area contributed by atoms with Crippen LogP contribution in [0, 0.1) is 12.7 Å². The third-order valence-electron chi connectivity index (χ3n) is 2.63. The van der Waals surface area contributed by atoms with Gasteiger partial charge in [0.05, 0.1) is 0 Å². The first kappa shape index (κ1) is 14.1. The summed E-state index contributed by atoms with van der Waals surface area (Å²) in [5.41, 5.74) is 0.379. The highest BCUT2D eigenvalue weighted by molar-refractivity contribution is 5.90. The van der Waals surface area contributed by atoms with E-state index < -0.39 is 18.1 Å². The third kappa shape index (κ3) is 3.37. The maximum Gasteiger partial charge on any atom is 0.282 e. The van der Waals surface area contributed by atoms with Gasteiger partial charge in [-0.15, -0.1) is 0 Å². The van der Waals surface area contributed by atoms with Gasteiger partial charge in [-0.1, -0.05) is 6.07 Å². The first-order chi connectivity index (χ1) is 9.45. The molecule has 4 nitrogen and oxygen atoms in total. The maximum absolute atomic E-state index is 12.9. The van der Waals surface area contributed by atoms with Crippen molar-refractivity contribution < 1.29 is 18.0 Å². The molecule has 2 aromatic rings. The Hall–Kier alpha value is -2.31. The summed E-state index contributed by atoms with van der Waals surface area (Å²) in [4.78, 5) is 11.7. The first-order valence-electron chi connectivity index (χ1n) is 5.83. The minimum Gasteiger partial charge on any atom is -0.324 e. The van der Waals surface area contributed by atoms with E-state index in [0.717, 1.165) is 0 Å². The molecule has 1 aromatic heterocycles. The average Bonchev–Trinajstić information content (AvgIpc) is 2.71. The molecule has 1 N–H and O–H groups in total. The molecule has 106 valence electrons. The van der Waals surface area contributed by atoms with Crippen LogP contribution in [0.15, 0.2) is 30.3 Å². The van der Waals surface area contributed by atoms with Crippen LogP contribution in [-0.4, -0.2) is 15.7 Å². The van der Waals surface area contributed by atoms with E-state index in [0.29, 0.717) is 11.4 Å². The quantitative estimate of drug-likeness (QED) is 0.937. The van der Waals surface area contributed by atoms with E-state index in [1.165, 1.54) is 35.0 Å². The molecule has 0 unspecified atom stereocenters. The summed E-state index contributed by atoms with van der Waals surface area (Å²) in [5, 5.41) is 6.11. The number of rotatable bonds is 4. The molecule has 1 amide bonds. The van der Waals surface area contributed by atoms with Crippen LogP contribution < -0.4 is 5.32 Å². The van der Waals surface area contributed by atoms with Crippen LogP contribution in [0.4, 0.5) is 18.9 Å². The maximum atomic E-state index is 12.9. The van der Waals surface area contributed by atoms with Gasteiger partial charge in [0.25, 0.3) is 6.43 Å². The van der Waals surface area contributed by atoms with Gasteiger partial charge in [0.1, 0.15) is 18.1 Å². The number of carbonyl (C=O) groups excluding carboxylic acids is 1. The predicted octanol–water partition coefficient (Wildman–Crippen LogP) is 2.91. The summed E-state index contributed by atoms with van der Waals surface area (Å²) in [6, 6.07) is 6.63. The second-order valence-corrected chi connectivity index (χ2v) is 4.23. The van der Waals surface area contributed by atoms with Crippen LogP contribution in [0.2, 0.25) is 0 Å². The Morgan fingerprint density at radius 3 is 2.75 bits per heavy atom. The topological polar surface area (TPSA) is 46.9 Å². The second-order valence-electron chi connectivity index (χ2n) is 4.23. The van der Waals surface area contributed by atoms with Crippen molar-refractivity contribution in [3.8, 4) is 0 Å². The number of halogens is 3. The number of hydrogen-bond acceptors (Lipinski definition) is 2. The summed E-state index contributed by atoms with van der Waals surface area (Å²) in [6.07, 6.45) is -2.68. The summed E-state index contributed by atoms with van der Waals surface area (Å²) in [5.74, 6) is -0.944. The molecule has 0 aliphatic heterocycles. The lowest BCUT2D eigenvalue weighted by molar-refractivity contribution is -0.117. The first-order valence-corrected chi connectivity index (χ1v) is 5.83. The lowest BCUT2D eigenvalue weighted by Gasteiger charge is -2.06. The lowest BCUT2D eigenvalue weighted by Crippen LogP contribution is -2.20. The number of benzene rings is 1. The Balaban J connectivity index is 2.05. The number of aryl methyl sites for hydroxylation is 1.